The van der Waals surface area contributed by atoms with Gasteiger partial charge >= 0.3 is 0 Å². The van der Waals surface area contributed by atoms with Crippen molar-refractivity contribution < 1.29 is 14.3 Å². The van der Waals surface area contributed by atoms with Gasteiger partial charge in [-0.3, -0.25) is 14.4 Å². The Labute approximate surface area is 162 Å². The number of nitrogens with zero attached hydrogens (tertiary/aromatic N) is 2. The predicted molar refractivity (Wildman–Crippen MR) is 104 cm³/mol. The van der Waals surface area contributed by atoms with Crippen LogP contribution >= 0.6 is 11.6 Å². The second-order valence-corrected chi connectivity index (χ2v) is 7.21. The van der Waals surface area contributed by atoms with Crippen LogP contribution in [0.5, 0.6) is 5.75 Å². The summed E-state index contributed by atoms with van der Waals surface area (Å²) >= 11 is 5.84. The number of anilines is 1. The molecule has 0 saturated carbocycles. The van der Waals surface area contributed by atoms with Crippen LogP contribution in [0.3, 0.4) is 0 Å². The van der Waals surface area contributed by atoms with Crippen molar-refractivity contribution in [3.8, 4) is 5.75 Å². The summed E-state index contributed by atoms with van der Waals surface area (Å²) in [4.78, 5) is 38.6. The third-order valence-corrected chi connectivity index (χ3v) is 4.07. The highest BCUT2D eigenvalue weighted by Gasteiger charge is 2.31. The number of benzene rings is 1. The highest BCUT2D eigenvalue weighted by Crippen LogP contribution is 2.22. The fourth-order valence-corrected chi connectivity index (χ4v) is 2.42. The van der Waals surface area contributed by atoms with E-state index < -0.39 is 17.1 Å². The van der Waals surface area contributed by atoms with E-state index in [4.69, 9.17) is 16.3 Å². The van der Waals surface area contributed by atoms with Crippen molar-refractivity contribution in [2.45, 2.75) is 19.4 Å². The Kier molecular flexibility index (Phi) is 5.95. The zero-order valence-corrected chi connectivity index (χ0v) is 16.6. The lowest BCUT2D eigenvalue weighted by atomic mass is 10.1. The molecule has 7 nitrogen and oxygen atoms in total. The van der Waals surface area contributed by atoms with Gasteiger partial charge in [0.2, 0.25) is 0 Å². The molecule has 1 heterocycles. The molecule has 8 heteroatoms. The molecule has 2 amide bonds. The molecule has 1 aromatic carbocycles. The van der Waals surface area contributed by atoms with Gasteiger partial charge in [0, 0.05) is 32.4 Å². The minimum Gasteiger partial charge on any atom is -0.478 e. The first-order valence-corrected chi connectivity index (χ1v) is 8.57. The lowest BCUT2D eigenvalue weighted by molar-refractivity contribution is -0.128. The number of carbonyl (C=O) groups is 2. The van der Waals surface area contributed by atoms with Gasteiger partial charge in [0.25, 0.3) is 17.4 Å². The fourth-order valence-electron chi connectivity index (χ4n) is 2.29. The summed E-state index contributed by atoms with van der Waals surface area (Å²) < 4.78 is 6.97. The molecular formula is C19H22ClN3O4. The predicted octanol–water partition coefficient (Wildman–Crippen LogP) is 2.54. The SMILES string of the molecule is CN(C)C(=O)c1cc(NC(=O)C(C)(C)Oc2ccc(Cl)cc2)c(=O)n(C)c1. The minimum atomic E-state index is -1.26. The molecule has 0 spiro atoms. The zero-order valence-electron chi connectivity index (χ0n) is 15.9. The summed E-state index contributed by atoms with van der Waals surface area (Å²) in [6.07, 6.45) is 1.43. The van der Waals surface area contributed by atoms with Crippen molar-refractivity contribution in [2.75, 3.05) is 19.4 Å². The van der Waals surface area contributed by atoms with Gasteiger partial charge in [-0.05, 0) is 44.2 Å². The van der Waals surface area contributed by atoms with Gasteiger partial charge in [-0.15, -0.1) is 0 Å². The lowest BCUT2D eigenvalue weighted by Gasteiger charge is -2.25. The van der Waals surface area contributed by atoms with E-state index >= 15 is 0 Å². The summed E-state index contributed by atoms with van der Waals surface area (Å²) in [7, 11) is 4.73. The summed E-state index contributed by atoms with van der Waals surface area (Å²) in [5.74, 6) is -0.342. The Morgan fingerprint density at radius 1 is 1.19 bits per heavy atom. The van der Waals surface area contributed by atoms with Crippen molar-refractivity contribution in [3.63, 3.8) is 0 Å². The molecule has 0 aliphatic heterocycles. The van der Waals surface area contributed by atoms with Crippen LogP contribution in [0.1, 0.15) is 24.2 Å². The van der Waals surface area contributed by atoms with Gasteiger partial charge in [0.1, 0.15) is 11.4 Å². The Bertz CT molecular complexity index is 918. The molecule has 0 fully saturated rings. The molecule has 1 aromatic heterocycles. The molecule has 2 rings (SSSR count). The van der Waals surface area contributed by atoms with Crippen LogP contribution < -0.4 is 15.6 Å². The van der Waals surface area contributed by atoms with Gasteiger partial charge < -0.3 is 19.5 Å². The molecule has 1 N–H and O–H groups in total. The van der Waals surface area contributed by atoms with Crippen molar-refractivity contribution in [1.82, 2.24) is 9.47 Å². The monoisotopic (exact) mass is 391 g/mol. The topological polar surface area (TPSA) is 80.6 Å². The number of hydrogen-bond acceptors (Lipinski definition) is 4. The number of hydrogen-bond donors (Lipinski definition) is 1. The smallest absolute Gasteiger partial charge is 0.274 e. The molecular weight excluding hydrogens is 370 g/mol. The first-order chi connectivity index (χ1) is 12.5. The van der Waals surface area contributed by atoms with E-state index in [1.165, 1.54) is 28.8 Å². The Balaban J connectivity index is 2.26. The van der Waals surface area contributed by atoms with Gasteiger partial charge in [-0.1, -0.05) is 11.6 Å². The van der Waals surface area contributed by atoms with E-state index in [0.717, 1.165) is 0 Å². The van der Waals surface area contributed by atoms with E-state index in [-0.39, 0.29) is 17.2 Å². The molecule has 0 radical (unpaired) electrons. The second-order valence-electron chi connectivity index (χ2n) is 6.78. The summed E-state index contributed by atoms with van der Waals surface area (Å²) in [6.45, 7) is 3.16. The van der Waals surface area contributed by atoms with Crippen molar-refractivity contribution in [3.05, 3.63) is 57.5 Å². The third kappa shape index (κ3) is 4.89. The number of rotatable bonds is 5. The van der Waals surface area contributed by atoms with Crippen LogP contribution in [-0.4, -0.2) is 41.0 Å². The van der Waals surface area contributed by atoms with E-state index in [0.29, 0.717) is 10.8 Å². The number of ether oxygens (including phenoxy) is 1. The van der Waals surface area contributed by atoms with Gasteiger partial charge in [0.15, 0.2) is 5.60 Å². The van der Waals surface area contributed by atoms with E-state index in [1.54, 1.807) is 52.2 Å². The normalized spacial score (nSPS) is 11.0. The molecule has 2 aromatic rings. The summed E-state index contributed by atoms with van der Waals surface area (Å²) in [5, 5.41) is 3.11. The largest absolute Gasteiger partial charge is 0.478 e. The first kappa shape index (κ1) is 20.5. The number of halogens is 1. The van der Waals surface area contributed by atoms with Gasteiger partial charge in [-0.25, -0.2) is 0 Å². The molecule has 0 saturated heterocycles. The molecule has 0 bridgehead atoms. The zero-order chi connectivity index (χ0) is 20.4. The number of pyridine rings is 1. The Morgan fingerprint density at radius 2 is 1.78 bits per heavy atom. The number of aryl methyl sites for hydroxylation is 1. The Hall–Kier alpha value is -2.80. The van der Waals surface area contributed by atoms with Gasteiger partial charge in [0.05, 0.1) is 5.56 Å². The third-order valence-electron chi connectivity index (χ3n) is 3.82. The average molecular weight is 392 g/mol. The Morgan fingerprint density at radius 3 is 2.33 bits per heavy atom. The molecule has 0 aliphatic rings. The van der Waals surface area contributed by atoms with Crippen LogP contribution in [-0.2, 0) is 11.8 Å². The van der Waals surface area contributed by atoms with E-state index in [2.05, 4.69) is 5.32 Å². The molecule has 0 atom stereocenters. The second kappa shape index (κ2) is 7.84. The molecule has 144 valence electrons. The quantitative estimate of drug-likeness (QED) is 0.849. The van der Waals surface area contributed by atoms with Crippen LogP contribution in [0.2, 0.25) is 5.02 Å². The maximum atomic E-state index is 12.7. The summed E-state index contributed by atoms with van der Waals surface area (Å²) in [5.41, 5.74) is -1.40. The maximum Gasteiger partial charge on any atom is 0.274 e. The van der Waals surface area contributed by atoms with Crippen molar-refractivity contribution in [1.29, 1.82) is 0 Å². The van der Waals surface area contributed by atoms with E-state index in [1.807, 2.05) is 0 Å². The van der Waals surface area contributed by atoms with Crippen LogP contribution in [0.15, 0.2) is 41.3 Å². The minimum absolute atomic E-state index is 0.00276. The van der Waals surface area contributed by atoms with E-state index in [9.17, 15) is 14.4 Å². The highest BCUT2D eigenvalue weighted by molar-refractivity contribution is 6.30. The van der Waals surface area contributed by atoms with Crippen LogP contribution in [0.25, 0.3) is 0 Å². The number of amides is 2. The maximum absolute atomic E-state index is 12.7. The lowest BCUT2D eigenvalue weighted by Crippen LogP contribution is -2.43. The van der Waals surface area contributed by atoms with Gasteiger partial charge in [-0.2, -0.15) is 0 Å². The van der Waals surface area contributed by atoms with Crippen molar-refractivity contribution >= 4 is 29.1 Å². The standard InChI is InChI=1S/C19H22ClN3O4/c1-19(2,27-14-8-6-13(20)7-9-14)18(26)21-15-10-12(16(24)22(3)4)11-23(5)17(15)25/h6-11H,1-5H3,(H,21,26). The molecule has 27 heavy (non-hydrogen) atoms. The molecule has 0 aliphatic carbocycles. The van der Waals surface area contributed by atoms with Crippen molar-refractivity contribution in [2.24, 2.45) is 7.05 Å². The summed E-state index contributed by atoms with van der Waals surface area (Å²) in [6, 6.07) is 7.95. The first-order valence-electron chi connectivity index (χ1n) is 8.19. The highest BCUT2D eigenvalue weighted by atomic mass is 35.5. The number of nitrogens with one attached hydrogen (secondary N) is 1. The van der Waals surface area contributed by atoms with Crippen LogP contribution in [0, 0.1) is 0 Å². The van der Waals surface area contributed by atoms with Crippen LogP contribution in [0.4, 0.5) is 5.69 Å². The average Bonchev–Trinajstić information content (AvgIpc) is 2.59. The fraction of sp³-hybridized carbons (Fsp3) is 0.316. The molecule has 0 unspecified atom stereocenters. The number of carbonyl (C=O) groups excluding carboxylic acids is 2. The number of aromatic nitrogens is 1.